The molecule has 2 aliphatic rings. The van der Waals surface area contributed by atoms with Crippen molar-refractivity contribution in [2.75, 3.05) is 35.3 Å². The molecule has 3 N–H and O–H groups in total. The molecule has 0 spiro atoms. The summed E-state index contributed by atoms with van der Waals surface area (Å²) in [6.07, 6.45) is 0. The van der Waals surface area contributed by atoms with E-state index in [1.165, 1.54) is 11.4 Å². The van der Waals surface area contributed by atoms with E-state index in [9.17, 15) is 0 Å². The lowest BCUT2D eigenvalue weighted by molar-refractivity contribution is 0.727. The van der Waals surface area contributed by atoms with Crippen LogP contribution in [0.3, 0.4) is 0 Å². The summed E-state index contributed by atoms with van der Waals surface area (Å²) in [6.45, 7) is 7.08. The number of hydrogen-bond acceptors (Lipinski definition) is 5. The monoisotopic (exact) mass is 245 g/mol. The molecular formula is C13H19N5. The number of fused-ring (bicyclic) bond motifs is 1. The number of benzene rings is 1. The van der Waals surface area contributed by atoms with Crippen molar-refractivity contribution in [2.24, 2.45) is 4.99 Å². The zero-order valence-electron chi connectivity index (χ0n) is 10.8. The number of guanidine groups is 1. The van der Waals surface area contributed by atoms with Gasteiger partial charge in [-0.25, -0.2) is 0 Å². The Morgan fingerprint density at radius 3 is 2.94 bits per heavy atom. The molecule has 0 amide bonds. The smallest absolute Gasteiger partial charge is 0.195 e. The van der Waals surface area contributed by atoms with Gasteiger partial charge in [0, 0.05) is 18.3 Å². The van der Waals surface area contributed by atoms with Gasteiger partial charge in [0.05, 0.1) is 24.6 Å². The fraction of sp³-hybridized carbons (Fsp3) is 0.462. The number of anilines is 3. The fourth-order valence-electron chi connectivity index (χ4n) is 2.33. The first-order valence-electron chi connectivity index (χ1n) is 6.44. The number of nitrogens with zero attached hydrogens (tertiary/aromatic N) is 2. The van der Waals surface area contributed by atoms with Crippen molar-refractivity contribution >= 4 is 23.0 Å². The first kappa shape index (κ1) is 11.2. The number of aliphatic imine (C=N–C) groups is 1. The maximum atomic E-state index is 4.34. The fourth-order valence-corrected chi connectivity index (χ4v) is 2.33. The van der Waals surface area contributed by atoms with Crippen LogP contribution in [0.25, 0.3) is 0 Å². The Labute approximate surface area is 107 Å². The summed E-state index contributed by atoms with van der Waals surface area (Å²) >= 11 is 0. The van der Waals surface area contributed by atoms with Gasteiger partial charge >= 0.3 is 0 Å². The first-order chi connectivity index (χ1) is 8.74. The summed E-state index contributed by atoms with van der Waals surface area (Å²) in [5.41, 5.74) is 3.54. The van der Waals surface area contributed by atoms with Crippen molar-refractivity contribution in [3.05, 3.63) is 18.2 Å². The molecule has 0 fully saturated rings. The average molecular weight is 245 g/mol. The van der Waals surface area contributed by atoms with Gasteiger partial charge in [-0.15, -0.1) is 0 Å². The maximum absolute atomic E-state index is 4.34. The van der Waals surface area contributed by atoms with Crippen LogP contribution in [-0.2, 0) is 0 Å². The second kappa shape index (κ2) is 4.40. The quantitative estimate of drug-likeness (QED) is 0.741. The van der Waals surface area contributed by atoms with Gasteiger partial charge in [-0.2, -0.15) is 0 Å². The summed E-state index contributed by atoms with van der Waals surface area (Å²) in [5, 5.41) is 9.94. The van der Waals surface area contributed by atoms with Crippen LogP contribution in [0, 0.1) is 0 Å². The van der Waals surface area contributed by atoms with Crippen LogP contribution in [0.4, 0.5) is 17.1 Å². The minimum absolute atomic E-state index is 0.496. The van der Waals surface area contributed by atoms with E-state index in [0.29, 0.717) is 6.04 Å². The van der Waals surface area contributed by atoms with Gasteiger partial charge < -0.3 is 20.9 Å². The van der Waals surface area contributed by atoms with E-state index < -0.39 is 0 Å². The summed E-state index contributed by atoms with van der Waals surface area (Å²) in [6, 6.07) is 6.88. The number of nitrogens with one attached hydrogen (secondary N) is 3. The van der Waals surface area contributed by atoms with Crippen molar-refractivity contribution < 1.29 is 0 Å². The van der Waals surface area contributed by atoms with E-state index in [1.54, 1.807) is 0 Å². The van der Waals surface area contributed by atoms with Crippen molar-refractivity contribution in [3.8, 4) is 0 Å². The third kappa shape index (κ3) is 1.96. The normalized spacial score (nSPS) is 17.3. The molecule has 1 aromatic carbocycles. The molecule has 0 radical (unpaired) electrons. The average Bonchev–Trinajstić information content (AvgIpc) is 2.97. The second-order valence-electron chi connectivity index (χ2n) is 4.91. The molecule has 5 nitrogen and oxygen atoms in total. The Hall–Kier alpha value is -1.91. The van der Waals surface area contributed by atoms with Crippen LogP contribution in [0.5, 0.6) is 0 Å². The highest BCUT2D eigenvalue weighted by atomic mass is 15.3. The van der Waals surface area contributed by atoms with E-state index in [2.05, 4.69) is 57.9 Å². The Morgan fingerprint density at radius 1 is 1.33 bits per heavy atom. The lowest BCUT2D eigenvalue weighted by Crippen LogP contribution is -2.30. The van der Waals surface area contributed by atoms with Crippen LogP contribution in [0.2, 0.25) is 0 Å². The molecule has 0 saturated carbocycles. The lowest BCUT2D eigenvalue weighted by Gasteiger charge is -2.23. The van der Waals surface area contributed by atoms with Gasteiger partial charge in [0.1, 0.15) is 0 Å². The number of rotatable bonds is 2. The molecule has 0 atom stereocenters. The van der Waals surface area contributed by atoms with Crippen LogP contribution in [0.1, 0.15) is 13.8 Å². The van der Waals surface area contributed by atoms with E-state index in [4.69, 9.17) is 0 Å². The van der Waals surface area contributed by atoms with E-state index in [-0.39, 0.29) is 0 Å². The topological polar surface area (TPSA) is 51.7 Å². The van der Waals surface area contributed by atoms with Gasteiger partial charge in [-0.05, 0) is 32.0 Å². The van der Waals surface area contributed by atoms with Crippen molar-refractivity contribution in [1.29, 1.82) is 0 Å². The SMILES string of the molecule is CC(C)N1CNc2ccc(NC3=NCCN3)cc21. The third-order valence-corrected chi connectivity index (χ3v) is 3.31. The predicted molar refractivity (Wildman–Crippen MR) is 76.5 cm³/mol. The molecule has 18 heavy (non-hydrogen) atoms. The third-order valence-electron chi connectivity index (χ3n) is 3.31. The van der Waals surface area contributed by atoms with Crippen LogP contribution in [-0.4, -0.2) is 31.8 Å². The summed E-state index contributed by atoms with van der Waals surface area (Å²) < 4.78 is 0. The Bertz CT molecular complexity index is 480. The first-order valence-corrected chi connectivity index (χ1v) is 6.44. The van der Waals surface area contributed by atoms with Gasteiger partial charge in [0.15, 0.2) is 5.96 Å². The lowest BCUT2D eigenvalue weighted by atomic mass is 10.2. The molecule has 1 aromatic rings. The van der Waals surface area contributed by atoms with E-state index in [0.717, 1.165) is 31.4 Å². The minimum atomic E-state index is 0.496. The summed E-state index contributed by atoms with van der Waals surface area (Å²) in [7, 11) is 0. The maximum Gasteiger partial charge on any atom is 0.195 e. The Kier molecular flexibility index (Phi) is 2.74. The van der Waals surface area contributed by atoms with Crippen LogP contribution >= 0.6 is 0 Å². The largest absolute Gasteiger partial charge is 0.366 e. The molecule has 0 aromatic heterocycles. The van der Waals surface area contributed by atoms with E-state index >= 15 is 0 Å². The van der Waals surface area contributed by atoms with Crippen molar-refractivity contribution in [3.63, 3.8) is 0 Å². The molecule has 0 unspecified atom stereocenters. The molecule has 5 heteroatoms. The minimum Gasteiger partial charge on any atom is -0.366 e. The standard InChI is InChI=1S/C13H19N5/c1-9(2)18-8-16-11-4-3-10(7-12(11)18)17-13-14-5-6-15-13/h3-4,7,9,16H,5-6,8H2,1-2H3,(H2,14,15,17). The van der Waals surface area contributed by atoms with Crippen molar-refractivity contribution in [1.82, 2.24) is 5.32 Å². The predicted octanol–water partition coefficient (Wildman–Crippen LogP) is 1.66. The Morgan fingerprint density at radius 2 is 2.22 bits per heavy atom. The summed E-state index contributed by atoms with van der Waals surface area (Å²) in [5.74, 6) is 0.872. The van der Waals surface area contributed by atoms with Crippen LogP contribution in [0.15, 0.2) is 23.2 Å². The second-order valence-corrected chi connectivity index (χ2v) is 4.91. The summed E-state index contributed by atoms with van der Waals surface area (Å²) in [4.78, 5) is 6.70. The Balaban J connectivity index is 1.83. The number of hydrogen-bond donors (Lipinski definition) is 3. The molecular weight excluding hydrogens is 226 g/mol. The van der Waals surface area contributed by atoms with Gasteiger partial charge in [-0.1, -0.05) is 0 Å². The zero-order valence-corrected chi connectivity index (χ0v) is 10.8. The zero-order chi connectivity index (χ0) is 12.5. The van der Waals surface area contributed by atoms with Crippen molar-refractivity contribution in [2.45, 2.75) is 19.9 Å². The molecule has 3 rings (SSSR count). The highest BCUT2D eigenvalue weighted by molar-refractivity contribution is 5.96. The van der Waals surface area contributed by atoms with Gasteiger partial charge in [-0.3, -0.25) is 4.99 Å². The van der Waals surface area contributed by atoms with Gasteiger partial charge in [0.25, 0.3) is 0 Å². The molecule has 96 valence electrons. The molecule has 0 saturated heterocycles. The molecule has 0 aliphatic carbocycles. The van der Waals surface area contributed by atoms with E-state index in [1.807, 2.05) is 0 Å². The highest BCUT2D eigenvalue weighted by Gasteiger charge is 2.21. The van der Waals surface area contributed by atoms with Crippen LogP contribution < -0.4 is 20.9 Å². The molecule has 2 aliphatic heterocycles. The van der Waals surface area contributed by atoms with Gasteiger partial charge in [0.2, 0.25) is 0 Å². The molecule has 0 bridgehead atoms. The highest BCUT2D eigenvalue weighted by Crippen LogP contribution is 2.34. The molecule has 2 heterocycles.